The highest BCUT2D eigenvalue weighted by atomic mass is 19.1. The number of likely N-dealkylation sites (tertiary alicyclic amines) is 1. The van der Waals surface area contributed by atoms with Crippen molar-refractivity contribution in [1.82, 2.24) is 10.2 Å². The Kier molecular flexibility index (Phi) is 6.51. The van der Waals surface area contributed by atoms with Gasteiger partial charge in [-0.1, -0.05) is 12.1 Å². The lowest BCUT2D eigenvalue weighted by atomic mass is 9.88. The van der Waals surface area contributed by atoms with Crippen LogP contribution in [-0.4, -0.2) is 49.4 Å². The molecule has 1 fully saturated rings. The Balaban J connectivity index is 1.26. The number of amides is 1. The molecule has 1 saturated heterocycles. The summed E-state index contributed by atoms with van der Waals surface area (Å²) in [5.41, 5.74) is 1.51. The predicted octanol–water partition coefficient (Wildman–Crippen LogP) is 3.37. The first kappa shape index (κ1) is 21.3. The van der Waals surface area contributed by atoms with Crippen LogP contribution in [0.2, 0.25) is 0 Å². The average molecular weight is 426 g/mol. The number of carbonyl (C=O) groups excluding carboxylic acids is 2. The van der Waals surface area contributed by atoms with Gasteiger partial charge in [-0.05, 0) is 68.8 Å². The number of rotatable bonds is 6. The van der Waals surface area contributed by atoms with E-state index < -0.39 is 0 Å². The minimum absolute atomic E-state index is 0.0555. The maximum absolute atomic E-state index is 13.1. The van der Waals surface area contributed by atoms with Crippen molar-refractivity contribution >= 4 is 11.7 Å². The van der Waals surface area contributed by atoms with Gasteiger partial charge in [0.15, 0.2) is 17.3 Å². The number of carbonyl (C=O) groups is 2. The van der Waals surface area contributed by atoms with Crippen LogP contribution in [0.15, 0.2) is 42.5 Å². The first-order valence-corrected chi connectivity index (χ1v) is 10.7. The Morgan fingerprint density at radius 2 is 1.74 bits per heavy atom. The van der Waals surface area contributed by atoms with Crippen molar-refractivity contribution in [3.8, 4) is 11.5 Å². The van der Waals surface area contributed by atoms with Crippen molar-refractivity contribution in [2.45, 2.75) is 25.8 Å². The Hall–Kier alpha value is -2.93. The van der Waals surface area contributed by atoms with E-state index in [0.29, 0.717) is 56.2 Å². The fourth-order valence-corrected chi connectivity index (χ4v) is 4.11. The van der Waals surface area contributed by atoms with Gasteiger partial charge in [0.05, 0.1) is 12.6 Å². The third-order valence-electron chi connectivity index (χ3n) is 5.90. The molecular weight excluding hydrogens is 399 g/mol. The molecular formula is C24H27FN2O4. The van der Waals surface area contributed by atoms with Gasteiger partial charge >= 0.3 is 0 Å². The van der Waals surface area contributed by atoms with E-state index in [1.165, 1.54) is 12.1 Å². The number of nitrogens with zero attached hydrogens (tertiary/aromatic N) is 1. The number of ketones is 1. The summed E-state index contributed by atoms with van der Waals surface area (Å²) >= 11 is 0. The molecule has 0 aliphatic carbocycles. The van der Waals surface area contributed by atoms with Gasteiger partial charge in [-0.15, -0.1) is 0 Å². The molecule has 0 spiro atoms. The van der Waals surface area contributed by atoms with Crippen LogP contribution in [0.25, 0.3) is 0 Å². The van der Waals surface area contributed by atoms with E-state index in [4.69, 9.17) is 9.47 Å². The molecule has 2 aliphatic heterocycles. The van der Waals surface area contributed by atoms with Gasteiger partial charge in [-0.2, -0.15) is 0 Å². The molecule has 0 radical (unpaired) electrons. The topological polar surface area (TPSA) is 67.9 Å². The largest absolute Gasteiger partial charge is 0.486 e. The fourth-order valence-electron chi connectivity index (χ4n) is 4.11. The number of fused-ring (bicyclic) bond motifs is 1. The Bertz CT molecular complexity index is 939. The molecule has 1 amide bonds. The van der Waals surface area contributed by atoms with Crippen LogP contribution in [0, 0.1) is 11.7 Å². The number of piperidine rings is 1. The number of hydrogen-bond acceptors (Lipinski definition) is 5. The maximum atomic E-state index is 13.1. The predicted molar refractivity (Wildman–Crippen MR) is 114 cm³/mol. The summed E-state index contributed by atoms with van der Waals surface area (Å²) in [4.78, 5) is 27.4. The summed E-state index contributed by atoms with van der Waals surface area (Å²) in [7, 11) is 0. The third kappa shape index (κ3) is 5.22. The minimum atomic E-state index is -0.295. The van der Waals surface area contributed by atoms with Crippen LogP contribution in [0.4, 0.5) is 4.39 Å². The molecule has 164 valence electrons. The standard InChI is InChI=1S/C24H27FN2O4/c1-16(17-2-5-20(25)6-3-17)26-23(28)15-27-10-8-18(9-11-27)24(29)19-4-7-21-22(14-19)31-13-12-30-21/h2-7,14,16,18H,8-13,15H2,1H3,(H,26,28)/t16-/m0/s1. The van der Waals surface area contributed by atoms with Crippen LogP contribution in [0.5, 0.6) is 11.5 Å². The summed E-state index contributed by atoms with van der Waals surface area (Å²) < 4.78 is 24.2. The molecule has 7 heteroatoms. The smallest absolute Gasteiger partial charge is 0.234 e. The second-order valence-electron chi connectivity index (χ2n) is 8.11. The van der Waals surface area contributed by atoms with Gasteiger partial charge in [-0.25, -0.2) is 4.39 Å². The average Bonchev–Trinajstić information content (AvgIpc) is 2.79. The van der Waals surface area contributed by atoms with Gasteiger partial charge in [0.2, 0.25) is 5.91 Å². The number of benzene rings is 2. The van der Waals surface area contributed by atoms with Gasteiger partial charge in [0.25, 0.3) is 0 Å². The van der Waals surface area contributed by atoms with Crippen molar-refractivity contribution in [3.05, 3.63) is 59.4 Å². The lowest BCUT2D eigenvalue weighted by molar-refractivity contribution is -0.123. The molecule has 0 bridgehead atoms. The zero-order chi connectivity index (χ0) is 21.8. The number of Topliss-reactive ketones (excluding diaryl/α,β-unsaturated/α-hetero) is 1. The second-order valence-corrected chi connectivity index (χ2v) is 8.11. The quantitative estimate of drug-likeness (QED) is 0.718. The van der Waals surface area contributed by atoms with Crippen molar-refractivity contribution in [1.29, 1.82) is 0 Å². The van der Waals surface area contributed by atoms with E-state index in [1.807, 2.05) is 6.92 Å². The minimum Gasteiger partial charge on any atom is -0.486 e. The van der Waals surface area contributed by atoms with Crippen LogP contribution >= 0.6 is 0 Å². The normalized spacial score (nSPS) is 17.7. The Labute approximate surface area is 181 Å². The summed E-state index contributed by atoms with van der Waals surface area (Å²) in [6, 6.07) is 11.3. The van der Waals surface area contributed by atoms with E-state index in [9.17, 15) is 14.0 Å². The monoisotopic (exact) mass is 426 g/mol. The zero-order valence-corrected chi connectivity index (χ0v) is 17.6. The van der Waals surface area contributed by atoms with E-state index in [-0.39, 0.29) is 36.0 Å². The molecule has 2 aromatic carbocycles. The van der Waals surface area contributed by atoms with E-state index in [1.54, 1.807) is 30.3 Å². The third-order valence-corrected chi connectivity index (χ3v) is 5.90. The molecule has 2 aliphatic rings. The molecule has 4 rings (SSSR count). The molecule has 0 aromatic heterocycles. The highest BCUT2D eigenvalue weighted by Crippen LogP contribution is 2.32. The van der Waals surface area contributed by atoms with Crippen LogP contribution in [0.1, 0.15) is 41.7 Å². The first-order chi connectivity index (χ1) is 15.0. The highest BCUT2D eigenvalue weighted by Gasteiger charge is 2.28. The molecule has 2 aromatic rings. The van der Waals surface area contributed by atoms with E-state index >= 15 is 0 Å². The first-order valence-electron chi connectivity index (χ1n) is 10.7. The Morgan fingerprint density at radius 3 is 2.45 bits per heavy atom. The zero-order valence-electron chi connectivity index (χ0n) is 17.6. The fraction of sp³-hybridized carbons (Fsp3) is 0.417. The summed E-state index contributed by atoms with van der Waals surface area (Å²) in [5.74, 6) is 0.996. The SMILES string of the molecule is C[C@H](NC(=O)CN1CCC(C(=O)c2ccc3c(c2)OCCO3)CC1)c1ccc(F)cc1. The molecule has 2 heterocycles. The molecule has 1 atom stereocenters. The molecule has 0 saturated carbocycles. The van der Waals surface area contributed by atoms with Crippen molar-refractivity contribution in [2.24, 2.45) is 5.92 Å². The van der Waals surface area contributed by atoms with Crippen molar-refractivity contribution in [2.75, 3.05) is 32.8 Å². The highest BCUT2D eigenvalue weighted by molar-refractivity contribution is 5.98. The van der Waals surface area contributed by atoms with E-state index in [0.717, 1.165) is 5.56 Å². The van der Waals surface area contributed by atoms with E-state index in [2.05, 4.69) is 10.2 Å². The van der Waals surface area contributed by atoms with Crippen molar-refractivity contribution in [3.63, 3.8) is 0 Å². The Morgan fingerprint density at radius 1 is 1.06 bits per heavy atom. The van der Waals surface area contributed by atoms with Crippen LogP contribution < -0.4 is 14.8 Å². The summed E-state index contributed by atoms with van der Waals surface area (Å²) in [5, 5.41) is 2.96. The number of nitrogens with one attached hydrogen (secondary N) is 1. The lowest BCUT2D eigenvalue weighted by Crippen LogP contribution is -2.43. The molecule has 31 heavy (non-hydrogen) atoms. The van der Waals surface area contributed by atoms with Crippen LogP contribution in [0.3, 0.4) is 0 Å². The number of halogens is 1. The summed E-state index contributed by atoms with van der Waals surface area (Å²) in [6.07, 6.45) is 1.43. The van der Waals surface area contributed by atoms with Crippen molar-refractivity contribution < 1.29 is 23.5 Å². The van der Waals surface area contributed by atoms with Gasteiger partial charge < -0.3 is 14.8 Å². The second kappa shape index (κ2) is 9.47. The maximum Gasteiger partial charge on any atom is 0.234 e. The molecule has 6 nitrogen and oxygen atoms in total. The number of ether oxygens (including phenoxy) is 2. The molecule has 1 N–H and O–H groups in total. The summed E-state index contributed by atoms with van der Waals surface area (Å²) in [6.45, 7) is 4.57. The molecule has 0 unspecified atom stereocenters. The lowest BCUT2D eigenvalue weighted by Gasteiger charge is -2.31. The number of hydrogen-bond donors (Lipinski definition) is 1. The van der Waals surface area contributed by atoms with Gasteiger partial charge in [-0.3, -0.25) is 14.5 Å². The van der Waals surface area contributed by atoms with Crippen LogP contribution in [-0.2, 0) is 4.79 Å². The van der Waals surface area contributed by atoms with Gasteiger partial charge in [0, 0.05) is 11.5 Å². The van der Waals surface area contributed by atoms with Gasteiger partial charge in [0.1, 0.15) is 19.0 Å².